The van der Waals surface area contributed by atoms with Crippen LogP contribution in [0.15, 0.2) is 54.2 Å². The van der Waals surface area contributed by atoms with E-state index in [2.05, 4.69) is 20.7 Å². The minimum atomic E-state index is 0.253. The van der Waals surface area contributed by atoms with Gasteiger partial charge >= 0.3 is 0 Å². The Hall–Kier alpha value is -3.32. The number of fused-ring (bicyclic) bond motifs is 2. The highest BCUT2D eigenvalue weighted by molar-refractivity contribution is 7.17. The van der Waals surface area contributed by atoms with E-state index >= 15 is 0 Å². The van der Waals surface area contributed by atoms with Crippen molar-refractivity contribution < 1.29 is 14.2 Å². The molecule has 0 radical (unpaired) electrons. The van der Waals surface area contributed by atoms with E-state index in [-0.39, 0.29) is 6.79 Å². The van der Waals surface area contributed by atoms with E-state index < -0.39 is 0 Å². The molecule has 1 aliphatic heterocycles. The lowest BCUT2D eigenvalue weighted by molar-refractivity contribution is 0.174. The maximum Gasteiger partial charge on any atom is 0.231 e. The second-order valence-electron chi connectivity index (χ2n) is 5.97. The molecule has 4 aromatic rings. The average molecular weight is 377 g/mol. The zero-order valence-electron chi connectivity index (χ0n) is 14.4. The van der Waals surface area contributed by atoms with Gasteiger partial charge in [0.15, 0.2) is 11.5 Å². The van der Waals surface area contributed by atoms with Crippen molar-refractivity contribution in [2.75, 3.05) is 19.2 Å². The minimum Gasteiger partial charge on any atom is -0.497 e. The van der Waals surface area contributed by atoms with Gasteiger partial charge in [-0.25, -0.2) is 9.97 Å². The van der Waals surface area contributed by atoms with Gasteiger partial charge < -0.3 is 19.5 Å². The average Bonchev–Trinajstić information content (AvgIpc) is 3.35. The van der Waals surface area contributed by atoms with Crippen LogP contribution in [0.4, 0.5) is 11.5 Å². The molecule has 0 saturated heterocycles. The lowest BCUT2D eigenvalue weighted by atomic mass is 10.1. The fraction of sp³-hybridized carbons (Fsp3) is 0.100. The summed E-state index contributed by atoms with van der Waals surface area (Å²) in [7, 11) is 1.66. The summed E-state index contributed by atoms with van der Waals surface area (Å²) in [6.45, 7) is 0.253. The van der Waals surface area contributed by atoms with Gasteiger partial charge in [-0.1, -0.05) is 12.1 Å². The Labute approximate surface area is 159 Å². The van der Waals surface area contributed by atoms with E-state index in [4.69, 9.17) is 14.2 Å². The highest BCUT2D eigenvalue weighted by Gasteiger charge is 2.16. The molecule has 1 aliphatic rings. The molecule has 0 amide bonds. The SMILES string of the molecule is COc1ccc(-c2csc3ncnc(Nc4ccc5c(c4)OCO5)c23)cc1. The molecular formula is C20H15N3O3S. The van der Waals surface area contributed by atoms with Crippen LogP contribution in [0.25, 0.3) is 21.3 Å². The Balaban J connectivity index is 1.57. The van der Waals surface area contributed by atoms with Crippen molar-refractivity contribution in [3.63, 3.8) is 0 Å². The molecular weight excluding hydrogens is 362 g/mol. The quantitative estimate of drug-likeness (QED) is 0.549. The molecule has 0 bridgehead atoms. The maximum absolute atomic E-state index is 5.46. The maximum atomic E-state index is 5.46. The molecule has 3 heterocycles. The number of nitrogens with zero attached hydrogens (tertiary/aromatic N) is 2. The fourth-order valence-electron chi connectivity index (χ4n) is 3.06. The number of rotatable bonds is 4. The van der Waals surface area contributed by atoms with Crippen LogP contribution in [-0.2, 0) is 0 Å². The molecule has 0 aliphatic carbocycles. The third kappa shape index (κ3) is 2.82. The number of anilines is 2. The molecule has 0 saturated carbocycles. The van der Waals surface area contributed by atoms with Crippen molar-refractivity contribution in [3.05, 3.63) is 54.2 Å². The van der Waals surface area contributed by atoms with Crippen molar-refractivity contribution in [2.45, 2.75) is 0 Å². The molecule has 7 heteroatoms. The Bertz CT molecular complexity index is 1130. The molecule has 2 aromatic heterocycles. The predicted molar refractivity (Wildman–Crippen MR) is 105 cm³/mol. The third-order valence-electron chi connectivity index (χ3n) is 4.41. The number of benzene rings is 2. The molecule has 27 heavy (non-hydrogen) atoms. The standard InChI is InChI=1S/C20H15N3O3S/c1-24-14-5-2-12(3-6-14)15-9-27-20-18(15)19(21-10-22-20)23-13-4-7-16-17(8-13)26-11-25-16/h2-10H,11H2,1H3,(H,21,22,23). The molecule has 0 fully saturated rings. The van der Waals surface area contributed by atoms with Gasteiger partial charge in [-0.15, -0.1) is 11.3 Å². The van der Waals surface area contributed by atoms with Crippen molar-refractivity contribution in [3.8, 4) is 28.4 Å². The smallest absolute Gasteiger partial charge is 0.231 e. The molecule has 2 aromatic carbocycles. The van der Waals surface area contributed by atoms with E-state index in [1.165, 1.54) is 0 Å². The van der Waals surface area contributed by atoms with Gasteiger partial charge in [0, 0.05) is 22.7 Å². The van der Waals surface area contributed by atoms with Crippen LogP contribution in [0.1, 0.15) is 0 Å². The first-order chi connectivity index (χ1) is 13.3. The number of hydrogen-bond acceptors (Lipinski definition) is 7. The molecule has 5 rings (SSSR count). The van der Waals surface area contributed by atoms with Gasteiger partial charge in [-0.05, 0) is 29.8 Å². The van der Waals surface area contributed by atoms with E-state index in [9.17, 15) is 0 Å². The Morgan fingerprint density at radius 1 is 1.04 bits per heavy atom. The molecule has 0 atom stereocenters. The molecule has 1 N–H and O–H groups in total. The summed E-state index contributed by atoms with van der Waals surface area (Å²) in [5.41, 5.74) is 3.05. The predicted octanol–water partition coefficient (Wildman–Crippen LogP) is 4.84. The number of ether oxygens (including phenoxy) is 3. The van der Waals surface area contributed by atoms with Crippen LogP contribution >= 0.6 is 11.3 Å². The van der Waals surface area contributed by atoms with E-state index in [0.29, 0.717) is 0 Å². The zero-order valence-corrected chi connectivity index (χ0v) is 15.2. The zero-order chi connectivity index (χ0) is 18.2. The topological polar surface area (TPSA) is 65.5 Å². The molecule has 0 unspecified atom stereocenters. The van der Waals surface area contributed by atoms with Crippen LogP contribution in [0.3, 0.4) is 0 Å². The highest BCUT2D eigenvalue weighted by Crippen LogP contribution is 2.39. The van der Waals surface area contributed by atoms with E-state index in [0.717, 1.165) is 50.1 Å². The third-order valence-corrected chi connectivity index (χ3v) is 5.29. The monoisotopic (exact) mass is 377 g/mol. The molecule has 6 nitrogen and oxygen atoms in total. The Morgan fingerprint density at radius 2 is 1.89 bits per heavy atom. The van der Waals surface area contributed by atoms with E-state index in [1.807, 2.05) is 42.5 Å². The summed E-state index contributed by atoms with van der Waals surface area (Å²) in [6.07, 6.45) is 1.58. The fourth-order valence-corrected chi connectivity index (χ4v) is 3.98. The van der Waals surface area contributed by atoms with Crippen molar-refractivity contribution in [2.24, 2.45) is 0 Å². The lowest BCUT2D eigenvalue weighted by Crippen LogP contribution is -1.95. The minimum absolute atomic E-state index is 0.253. The Morgan fingerprint density at radius 3 is 2.74 bits per heavy atom. The second-order valence-corrected chi connectivity index (χ2v) is 6.83. The lowest BCUT2D eigenvalue weighted by Gasteiger charge is -2.09. The first-order valence-electron chi connectivity index (χ1n) is 8.35. The van der Waals surface area contributed by atoms with Gasteiger partial charge in [0.1, 0.15) is 22.7 Å². The summed E-state index contributed by atoms with van der Waals surface area (Å²) >= 11 is 1.60. The summed E-state index contributed by atoms with van der Waals surface area (Å²) in [5, 5.41) is 6.48. The summed E-state index contributed by atoms with van der Waals surface area (Å²) in [6, 6.07) is 13.7. The van der Waals surface area contributed by atoms with Crippen molar-refractivity contribution in [1.82, 2.24) is 9.97 Å². The van der Waals surface area contributed by atoms with Crippen LogP contribution in [0.5, 0.6) is 17.2 Å². The number of nitrogens with one attached hydrogen (secondary N) is 1. The van der Waals surface area contributed by atoms with Gasteiger partial charge in [-0.3, -0.25) is 0 Å². The van der Waals surface area contributed by atoms with Gasteiger partial charge in [-0.2, -0.15) is 0 Å². The first-order valence-corrected chi connectivity index (χ1v) is 9.23. The number of hydrogen-bond donors (Lipinski definition) is 1. The van der Waals surface area contributed by atoms with Gasteiger partial charge in [0.2, 0.25) is 6.79 Å². The van der Waals surface area contributed by atoms with Gasteiger partial charge in [0.05, 0.1) is 12.5 Å². The summed E-state index contributed by atoms with van der Waals surface area (Å²) in [4.78, 5) is 9.82. The Kier molecular flexibility index (Phi) is 3.79. The molecule has 134 valence electrons. The van der Waals surface area contributed by atoms with Crippen molar-refractivity contribution in [1.29, 1.82) is 0 Å². The summed E-state index contributed by atoms with van der Waals surface area (Å²) < 4.78 is 16.1. The number of thiophene rings is 1. The van der Waals surface area contributed by atoms with Crippen molar-refractivity contribution >= 4 is 33.1 Å². The highest BCUT2D eigenvalue weighted by atomic mass is 32.1. The van der Waals surface area contributed by atoms with Crippen LogP contribution < -0.4 is 19.5 Å². The van der Waals surface area contributed by atoms with E-state index in [1.54, 1.807) is 24.8 Å². The first kappa shape index (κ1) is 15.9. The number of aromatic nitrogens is 2. The number of methoxy groups -OCH3 is 1. The summed E-state index contributed by atoms with van der Waals surface area (Å²) in [5.74, 6) is 3.06. The second kappa shape index (κ2) is 6.44. The van der Waals surface area contributed by atoms with Gasteiger partial charge in [0.25, 0.3) is 0 Å². The largest absolute Gasteiger partial charge is 0.497 e. The normalized spacial score (nSPS) is 12.3. The van der Waals surface area contributed by atoms with Crippen LogP contribution in [0, 0.1) is 0 Å². The molecule has 0 spiro atoms. The van der Waals surface area contributed by atoms with Crippen LogP contribution in [0.2, 0.25) is 0 Å². The van der Waals surface area contributed by atoms with Crippen LogP contribution in [-0.4, -0.2) is 23.9 Å².